The summed E-state index contributed by atoms with van der Waals surface area (Å²) < 4.78 is 13.4. The van der Waals surface area contributed by atoms with Crippen LogP contribution in [0, 0.1) is 5.82 Å². The Morgan fingerprint density at radius 1 is 1.00 bits per heavy atom. The van der Waals surface area contributed by atoms with Gasteiger partial charge in [0.2, 0.25) is 5.91 Å². The third kappa shape index (κ3) is 7.21. The lowest BCUT2D eigenvalue weighted by molar-refractivity contribution is -0.133. The molecular weight excluding hydrogens is 520 g/mol. The number of urea groups is 1. The first kappa shape index (κ1) is 26.5. The zero-order valence-electron chi connectivity index (χ0n) is 19.8. The van der Waals surface area contributed by atoms with E-state index >= 15 is 0 Å². The molecule has 1 aliphatic rings. The molecule has 0 unspecified atom stereocenters. The summed E-state index contributed by atoms with van der Waals surface area (Å²) in [5, 5.41) is 5.64. The number of rotatable bonds is 8. The summed E-state index contributed by atoms with van der Waals surface area (Å²) in [4.78, 5) is 31.5. The second kappa shape index (κ2) is 12.6. The van der Waals surface area contributed by atoms with Crippen LogP contribution in [0.5, 0.6) is 0 Å². The molecule has 0 atom stereocenters. The minimum atomic E-state index is -0.364. The molecule has 36 heavy (non-hydrogen) atoms. The van der Waals surface area contributed by atoms with Crippen LogP contribution in [0.4, 0.5) is 14.9 Å². The van der Waals surface area contributed by atoms with Gasteiger partial charge in [-0.2, -0.15) is 0 Å². The molecule has 9 heteroatoms. The fourth-order valence-corrected chi connectivity index (χ4v) is 5.59. The summed E-state index contributed by atoms with van der Waals surface area (Å²) in [5.74, 6) is -0.494. The van der Waals surface area contributed by atoms with Gasteiger partial charge in [0.05, 0.1) is 17.3 Å². The summed E-state index contributed by atoms with van der Waals surface area (Å²) in [6.07, 6.45) is 4.84. The molecule has 1 aliphatic carbocycles. The smallest absolute Gasteiger partial charge is 0.322 e. The first-order chi connectivity index (χ1) is 17.4. The van der Waals surface area contributed by atoms with Gasteiger partial charge in [-0.05, 0) is 60.2 Å². The SMILES string of the molecule is O=C(CN(C(=O)Nc1ccc(Cl)cc1Cl)C1CCCCC1)N(Cc1ccc(F)cc1)Cc1cccs1. The maximum Gasteiger partial charge on any atom is 0.322 e. The molecule has 4 rings (SSSR count). The van der Waals surface area contributed by atoms with E-state index in [1.165, 1.54) is 12.1 Å². The van der Waals surface area contributed by atoms with E-state index < -0.39 is 0 Å². The highest BCUT2D eigenvalue weighted by molar-refractivity contribution is 7.09. The van der Waals surface area contributed by atoms with Gasteiger partial charge < -0.3 is 15.1 Å². The minimum absolute atomic E-state index is 0.0387. The van der Waals surface area contributed by atoms with Crippen molar-refractivity contribution in [2.75, 3.05) is 11.9 Å². The third-order valence-electron chi connectivity index (χ3n) is 6.32. The van der Waals surface area contributed by atoms with Gasteiger partial charge in [0.25, 0.3) is 0 Å². The maximum absolute atomic E-state index is 13.7. The second-order valence-electron chi connectivity index (χ2n) is 8.93. The van der Waals surface area contributed by atoms with Crippen LogP contribution in [0.25, 0.3) is 0 Å². The van der Waals surface area contributed by atoms with E-state index in [0.717, 1.165) is 42.5 Å². The first-order valence-electron chi connectivity index (χ1n) is 12.0. The summed E-state index contributed by atoms with van der Waals surface area (Å²) in [6, 6.07) is 14.5. The number of anilines is 1. The van der Waals surface area contributed by atoms with Gasteiger partial charge in [0, 0.05) is 22.5 Å². The summed E-state index contributed by atoms with van der Waals surface area (Å²) in [5.41, 5.74) is 1.27. The Morgan fingerprint density at radius 3 is 2.42 bits per heavy atom. The number of thiophene rings is 1. The molecule has 0 saturated heterocycles. The highest BCUT2D eigenvalue weighted by Gasteiger charge is 2.29. The van der Waals surface area contributed by atoms with E-state index in [-0.39, 0.29) is 30.3 Å². The van der Waals surface area contributed by atoms with E-state index in [1.54, 1.807) is 51.5 Å². The highest BCUT2D eigenvalue weighted by atomic mass is 35.5. The van der Waals surface area contributed by atoms with Crippen molar-refractivity contribution in [2.24, 2.45) is 0 Å². The Labute approximate surface area is 224 Å². The van der Waals surface area contributed by atoms with Crippen molar-refractivity contribution in [3.63, 3.8) is 0 Å². The molecule has 0 bridgehead atoms. The number of benzene rings is 2. The normalized spacial score (nSPS) is 13.9. The average molecular weight is 549 g/mol. The van der Waals surface area contributed by atoms with Crippen molar-refractivity contribution in [1.29, 1.82) is 0 Å². The van der Waals surface area contributed by atoms with Crippen LogP contribution in [0.3, 0.4) is 0 Å². The summed E-state index contributed by atoms with van der Waals surface area (Å²) >= 11 is 13.8. The van der Waals surface area contributed by atoms with Gasteiger partial charge in [0.1, 0.15) is 12.4 Å². The zero-order chi connectivity index (χ0) is 25.5. The number of amides is 3. The number of hydrogen-bond acceptors (Lipinski definition) is 3. The molecule has 0 radical (unpaired) electrons. The van der Waals surface area contributed by atoms with E-state index in [9.17, 15) is 14.0 Å². The molecule has 5 nitrogen and oxygen atoms in total. The highest BCUT2D eigenvalue weighted by Crippen LogP contribution is 2.28. The van der Waals surface area contributed by atoms with Gasteiger partial charge in [-0.1, -0.05) is 60.7 Å². The Bertz CT molecular complexity index is 1170. The van der Waals surface area contributed by atoms with Gasteiger partial charge in [0.15, 0.2) is 0 Å². The summed E-state index contributed by atoms with van der Waals surface area (Å²) in [7, 11) is 0. The van der Waals surface area contributed by atoms with Gasteiger partial charge in [-0.15, -0.1) is 11.3 Å². The monoisotopic (exact) mass is 547 g/mol. The molecule has 1 heterocycles. The van der Waals surface area contributed by atoms with Gasteiger partial charge in [-0.3, -0.25) is 4.79 Å². The third-order valence-corrected chi connectivity index (χ3v) is 7.73. The van der Waals surface area contributed by atoms with Crippen LogP contribution in [0.15, 0.2) is 60.0 Å². The van der Waals surface area contributed by atoms with Crippen LogP contribution >= 0.6 is 34.5 Å². The lowest BCUT2D eigenvalue weighted by atomic mass is 9.94. The molecule has 190 valence electrons. The maximum atomic E-state index is 13.7. The molecule has 0 spiro atoms. The zero-order valence-corrected chi connectivity index (χ0v) is 22.1. The molecule has 1 saturated carbocycles. The van der Waals surface area contributed by atoms with E-state index in [0.29, 0.717) is 28.8 Å². The van der Waals surface area contributed by atoms with E-state index in [1.807, 2.05) is 17.5 Å². The quantitative estimate of drug-likeness (QED) is 0.315. The van der Waals surface area contributed by atoms with Crippen molar-refractivity contribution < 1.29 is 14.0 Å². The molecule has 0 aliphatic heterocycles. The molecule has 1 aromatic heterocycles. The van der Waals surface area contributed by atoms with Crippen LogP contribution in [0.2, 0.25) is 10.0 Å². The second-order valence-corrected chi connectivity index (χ2v) is 10.8. The Kier molecular flexibility index (Phi) is 9.24. The first-order valence-corrected chi connectivity index (χ1v) is 13.6. The lowest BCUT2D eigenvalue weighted by Crippen LogP contribution is -2.49. The predicted octanol–water partition coefficient (Wildman–Crippen LogP) is 7.59. The molecule has 1 fully saturated rings. The number of carbonyl (C=O) groups excluding carboxylic acids is 2. The number of nitrogens with one attached hydrogen (secondary N) is 1. The van der Waals surface area contributed by atoms with Crippen LogP contribution in [0.1, 0.15) is 42.5 Å². The van der Waals surface area contributed by atoms with Crippen molar-refractivity contribution in [3.05, 3.63) is 86.3 Å². The predicted molar refractivity (Wildman–Crippen MR) is 144 cm³/mol. The van der Waals surface area contributed by atoms with Crippen LogP contribution in [-0.4, -0.2) is 34.3 Å². The van der Waals surface area contributed by atoms with Gasteiger partial charge >= 0.3 is 6.03 Å². The Morgan fingerprint density at radius 2 is 1.75 bits per heavy atom. The Hall–Kier alpha value is -2.61. The lowest BCUT2D eigenvalue weighted by Gasteiger charge is -2.35. The molecule has 3 amide bonds. The number of halogens is 3. The molecule has 3 aromatic rings. The van der Waals surface area contributed by atoms with E-state index in [4.69, 9.17) is 23.2 Å². The van der Waals surface area contributed by atoms with Crippen molar-refractivity contribution in [3.8, 4) is 0 Å². The minimum Gasteiger partial charge on any atom is -0.332 e. The molecule has 1 N–H and O–H groups in total. The van der Waals surface area contributed by atoms with Gasteiger partial charge in [-0.25, -0.2) is 9.18 Å². The number of carbonyl (C=O) groups is 2. The number of hydrogen-bond donors (Lipinski definition) is 1. The average Bonchev–Trinajstić information content (AvgIpc) is 3.39. The van der Waals surface area contributed by atoms with Crippen LogP contribution in [-0.2, 0) is 17.9 Å². The largest absolute Gasteiger partial charge is 0.332 e. The number of nitrogens with zero attached hydrogens (tertiary/aromatic N) is 2. The fraction of sp³-hybridized carbons (Fsp3) is 0.333. The molecule has 2 aromatic carbocycles. The standard InChI is InChI=1S/C27H28Cl2FN3O2S/c28-20-10-13-25(24(29)15-20)31-27(35)33(22-5-2-1-3-6-22)18-26(34)32(17-23-7-4-14-36-23)16-19-8-11-21(30)12-9-19/h4,7-15,22H,1-3,5-6,16-18H2,(H,31,35). The van der Waals surface area contributed by atoms with Crippen LogP contribution < -0.4 is 5.32 Å². The molecular formula is C27H28Cl2FN3O2S. The van der Waals surface area contributed by atoms with Crippen molar-refractivity contribution in [1.82, 2.24) is 9.80 Å². The topological polar surface area (TPSA) is 52.7 Å². The van der Waals surface area contributed by atoms with Crippen molar-refractivity contribution in [2.45, 2.75) is 51.2 Å². The van der Waals surface area contributed by atoms with Crippen molar-refractivity contribution >= 4 is 52.2 Å². The fourth-order valence-electron chi connectivity index (χ4n) is 4.42. The van der Waals surface area contributed by atoms with E-state index in [2.05, 4.69) is 5.32 Å². The Balaban J connectivity index is 1.54. The summed E-state index contributed by atoms with van der Waals surface area (Å²) in [6.45, 7) is 0.672.